The van der Waals surface area contributed by atoms with Crippen LogP contribution < -0.4 is 4.90 Å². The number of aromatic nitrogens is 4. The minimum absolute atomic E-state index is 0.272. The molecule has 3 heterocycles. The van der Waals surface area contributed by atoms with Crippen molar-refractivity contribution >= 4 is 16.9 Å². The summed E-state index contributed by atoms with van der Waals surface area (Å²) in [5.41, 5.74) is 1.83. The van der Waals surface area contributed by atoms with Gasteiger partial charge in [0.15, 0.2) is 5.65 Å². The maximum atomic E-state index is 5.44. The first-order valence-corrected chi connectivity index (χ1v) is 7.38. The summed E-state index contributed by atoms with van der Waals surface area (Å²) in [6, 6.07) is 10.0. The van der Waals surface area contributed by atoms with Crippen molar-refractivity contribution in [2.75, 3.05) is 25.1 Å². The molecule has 0 amide bonds. The highest BCUT2D eigenvalue weighted by molar-refractivity contribution is 5.87. The summed E-state index contributed by atoms with van der Waals surface area (Å²) >= 11 is 0. The van der Waals surface area contributed by atoms with Crippen LogP contribution in [0.4, 0.5) is 5.82 Å². The number of benzene rings is 1. The Morgan fingerprint density at radius 3 is 2.82 bits per heavy atom. The van der Waals surface area contributed by atoms with E-state index in [9.17, 15) is 0 Å². The van der Waals surface area contributed by atoms with Crippen LogP contribution in [0.5, 0.6) is 0 Å². The summed E-state index contributed by atoms with van der Waals surface area (Å²) in [4.78, 5) is 11.1. The lowest BCUT2D eigenvalue weighted by molar-refractivity contribution is 0.121. The van der Waals surface area contributed by atoms with Crippen molar-refractivity contribution < 1.29 is 4.74 Å². The van der Waals surface area contributed by atoms with Crippen molar-refractivity contribution in [3.05, 3.63) is 42.9 Å². The highest BCUT2D eigenvalue weighted by atomic mass is 16.5. The number of hydrogen-bond acceptors (Lipinski definition) is 5. The first-order chi connectivity index (χ1) is 10.9. The summed E-state index contributed by atoms with van der Waals surface area (Å²) in [5.74, 6) is 0.937. The van der Waals surface area contributed by atoms with E-state index in [1.807, 2.05) is 41.2 Å². The lowest BCUT2D eigenvalue weighted by Crippen LogP contribution is -2.23. The molecule has 0 saturated carbocycles. The quantitative estimate of drug-likeness (QED) is 0.740. The molecular weight excluding hydrogens is 278 g/mol. The van der Waals surface area contributed by atoms with Crippen LogP contribution in [0, 0.1) is 0 Å². The molecule has 3 aromatic rings. The molecule has 1 aromatic carbocycles. The Morgan fingerprint density at radius 2 is 2.05 bits per heavy atom. The summed E-state index contributed by atoms with van der Waals surface area (Å²) in [7, 11) is 1.76. The largest absolute Gasteiger partial charge is 0.380 e. The Hall–Kier alpha value is -2.47. The van der Waals surface area contributed by atoms with Gasteiger partial charge in [0.25, 0.3) is 0 Å². The lowest BCUT2D eigenvalue weighted by Gasteiger charge is -2.17. The standard InChI is InChI=1S/C16H17N5O/c1-22-13-7-8-20(10-13)15-14-9-19-21(16(14)18-11-17-15)12-5-3-2-4-6-12/h2-6,9,11,13H,7-8,10H2,1H3. The number of anilines is 1. The topological polar surface area (TPSA) is 56.1 Å². The Morgan fingerprint density at radius 1 is 1.18 bits per heavy atom. The van der Waals surface area contributed by atoms with Gasteiger partial charge in [-0.2, -0.15) is 5.10 Å². The number of nitrogens with zero attached hydrogens (tertiary/aromatic N) is 5. The van der Waals surface area contributed by atoms with E-state index in [-0.39, 0.29) is 6.10 Å². The zero-order valence-corrected chi connectivity index (χ0v) is 12.4. The summed E-state index contributed by atoms with van der Waals surface area (Å²) in [6.07, 6.45) is 4.75. The predicted octanol–water partition coefficient (Wildman–Crippen LogP) is 2.04. The fourth-order valence-electron chi connectivity index (χ4n) is 2.95. The van der Waals surface area contributed by atoms with E-state index in [2.05, 4.69) is 20.0 Å². The van der Waals surface area contributed by atoms with Gasteiger partial charge >= 0.3 is 0 Å². The summed E-state index contributed by atoms with van der Waals surface area (Å²) in [5, 5.41) is 5.47. The number of methoxy groups -OCH3 is 1. The van der Waals surface area contributed by atoms with E-state index < -0.39 is 0 Å². The van der Waals surface area contributed by atoms with Gasteiger partial charge in [-0.1, -0.05) is 18.2 Å². The minimum Gasteiger partial charge on any atom is -0.380 e. The van der Waals surface area contributed by atoms with E-state index in [4.69, 9.17) is 4.74 Å². The lowest BCUT2D eigenvalue weighted by atomic mass is 10.3. The molecule has 1 fully saturated rings. The molecule has 1 aliphatic rings. The van der Waals surface area contributed by atoms with Gasteiger partial charge in [-0.25, -0.2) is 14.6 Å². The number of rotatable bonds is 3. The molecule has 0 N–H and O–H groups in total. The van der Waals surface area contributed by atoms with Gasteiger partial charge in [-0.15, -0.1) is 0 Å². The molecule has 0 bridgehead atoms. The maximum Gasteiger partial charge on any atom is 0.168 e. The molecule has 0 radical (unpaired) electrons. The Labute approximate surface area is 128 Å². The smallest absolute Gasteiger partial charge is 0.168 e. The maximum absolute atomic E-state index is 5.44. The molecule has 6 nitrogen and oxygen atoms in total. The van der Waals surface area contributed by atoms with Gasteiger partial charge in [0.1, 0.15) is 12.1 Å². The highest BCUT2D eigenvalue weighted by Gasteiger charge is 2.25. The van der Waals surface area contributed by atoms with Gasteiger partial charge < -0.3 is 9.64 Å². The second kappa shape index (κ2) is 5.38. The van der Waals surface area contributed by atoms with Gasteiger partial charge in [0.05, 0.1) is 23.4 Å². The number of hydrogen-bond donors (Lipinski definition) is 0. The van der Waals surface area contributed by atoms with Gasteiger partial charge in [-0.05, 0) is 18.6 Å². The molecule has 0 spiro atoms. The van der Waals surface area contributed by atoms with Crippen LogP contribution in [-0.4, -0.2) is 46.1 Å². The van der Waals surface area contributed by atoms with Gasteiger partial charge in [0, 0.05) is 20.2 Å². The van der Waals surface area contributed by atoms with E-state index >= 15 is 0 Å². The summed E-state index contributed by atoms with van der Waals surface area (Å²) in [6.45, 7) is 1.81. The average Bonchev–Trinajstić information content (AvgIpc) is 3.22. The van der Waals surface area contributed by atoms with E-state index in [0.717, 1.165) is 42.0 Å². The normalized spacial score (nSPS) is 18.2. The van der Waals surface area contributed by atoms with Crippen molar-refractivity contribution in [2.24, 2.45) is 0 Å². The fourth-order valence-corrected chi connectivity index (χ4v) is 2.95. The van der Waals surface area contributed by atoms with Crippen LogP contribution in [0.25, 0.3) is 16.7 Å². The first kappa shape index (κ1) is 13.2. The number of fused-ring (bicyclic) bond motifs is 1. The molecule has 4 rings (SSSR count). The van der Waals surface area contributed by atoms with Gasteiger partial charge in [-0.3, -0.25) is 0 Å². The Kier molecular flexibility index (Phi) is 3.23. The van der Waals surface area contributed by atoms with Crippen LogP contribution in [0.1, 0.15) is 6.42 Å². The minimum atomic E-state index is 0.272. The monoisotopic (exact) mass is 295 g/mol. The van der Waals surface area contributed by atoms with Crippen molar-refractivity contribution in [1.29, 1.82) is 0 Å². The third-order valence-electron chi connectivity index (χ3n) is 4.12. The molecule has 1 unspecified atom stereocenters. The van der Waals surface area contributed by atoms with Gasteiger partial charge in [0.2, 0.25) is 0 Å². The van der Waals surface area contributed by atoms with Crippen molar-refractivity contribution in [3.8, 4) is 5.69 Å². The predicted molar refractivity (Wildman–Crippen MR) is 84.3 cm³/mol. The van der Waals surface area contributed by atoms with Crippen LogP contribution in [0.2, 0.25) is 0 Å². The second-order valence-corrected chi connectivity index (χ2v) is 5.42. The number of para-hydroxylation sites is 1. The molecule has 1 saturated heterocycles. The third kappa shape index (κ3) is 2.12. The molecule has 112 valence electrons. The van der Waals surface area contributed by atoms with Crippen molar-refractivity contribution in [1.82, 2.24) is 19.7 Å². The second-order valence-electron chi connectivity index (χ2n) is 5.42. The average molecular weight is 295 g/mol. The molecule has 1 atom stereocenters. The van der Waals surface area contributed by atoms with Crippen LogP contribution in [0.15, 0.2) is 42.9 Å². The molecule has 6 heteroatoms. The van der Waals surface area contributed by atoms with E-state index in [1.54, 1.807) is 13.4 Å². The van der Waals surface area contributed by atoms with E-state index in [1.165, 1.54) is 0 Å². The SMILES string of the molecule is COC1CCN(c2ncnc3c2cnn3-c2ccccc2)C1. The zero-order chi connectivity index (χ0) is 14.9. The molecular formula is C16H17N5O. The zero-order valence-electron chi connectivity index (χ0n) is 12.4. The Bertz CT molecular complexity index is 786. The highest BCUT2D eigenvalue weighted by Crippen LogP contribution is 2.27. The molecule has 1 aliphatic heterocycles. The fraction of sp³-hybridized carbons (Fsp3) is 0.312. The van der Waals surface area contributed by atoms with Crippen molar-refractivity contribution in [2.45, 2.75) is 12.5 Å². The number of ether oxygens (including phenoxy) is 1. The third-order valence-corrected chi connectivity index (χ3v) is 4.12. The molecule has 22 heavy (non-hydrogen) atoms. The van der Waals surface area contributed by atoms with E-state index in [0.29, 0.717) is 0 Å². The van der Waals surface area contributed by atoms with Crippen molar-refractivity contribution in [3.63, 3.8) is 0 Å². The summed E-state index contributed by atoms with van der Waals surface area (Å²) < 4.78 is 7.30. The first-order valence-electron chi connectivity index (χ1n) is 7.38. The molecule has 0 aliphatic carbocycles. The molecule has 2 aromatic heterocycles. The van der Waals surface area contributed by atoms with Crippen LogP contribution >= 0.6 is 0 Å². The van der Waals surface area contributed by atoms with Crippen LogP contribution in [-0.2, 0) is 4.74 Å². The van der Waals surface area contributed by atoms with Crippen LogP contribution in [0.3, 0.4) is 0 Å². The Balaban J connectivity index is 1.78.